The number of nitrogens with one attached hydrogen (secondary N) is 2. The summed E-state index contributed by atoms with van der Waals surface area (Å²) in [6.07, 6.45) is 7.48. The lowest BCUT2D eigenvalue weighted by Gasteiger charge is -2.20. The van der Waals surface area contributed by atoms with Gasteiger partial charge in [-0.25, -0.2) is 0 Å². The number of para-hydroxylation sites is 1. The van der Waals surface area contributed by atoms with Crippen molar-refractivity contribution in [1.82, 2.24) is 15.1 Å². The molecule has 2 aliphatic rings. The van der Waals surface area contributed by atoms with Gasteiger partial charge in [-0.05, 0) is 25.0 Å². The second-order valence-electron chi connectivity index (χ2n) is 7.78. The third kappa shape index (κ3) is 4.90. The molecule has 1 atom stereocenters. The zero-order valence-electron chi connectivity index (χ0n) is 17.0. The number of hydrogen-bond donors (Lipinski definition) is 3. The molecule has 4 N–H and O–H groups in total. The Labute approximate surface area is 179 Å². The summed E-state index contributed by atoms with van der Waals surface area (Å²) in [6, 6.07) is 8.58. The maximum absolute atomic E-state index is 12.7. The lowest BCUT2D eigenvalue weighted by molar-refractivity contribution is -0.122. The molecule has 4 rings (SSSR count). The van der Waals surface area contributed by atoms with Crippen LogP contribution in [0.15, 0.2) is 47.8 Å². The van der Waals surface area contributed by atoms with Gasteiger partial charge < -0.3 is 16.4 Å². The van der Waals surface area contributed by atoms with Gasteiger partial charge >= 0.3 is 0 Å². The molecule has 0 saturated heterocycles. The number of rotatable bonds is 7. The van der Waals surface area contributed by atoms with E-state index in [1.807, 2.05) is 18.2 Å². The van der Waals surface area contributed by atoms with Crippen LogP contribution >= 0.6 is 0 Å². The largest absolute Gasteiger partial charge is 0.368 e. The molecule has 1 unspecified atom stereocenters. The van der Waals surface area contributed by atoms with E-state index in [9.17, 15) is 14.4 Å². The van der Waals surface area contributed by atoms with E-state index in [4.69, 9.17) is 5.73 Å². The number of primary amides is 1. The summed E-state index contributed by atoms with van der Waals surface area (Å²) in [6.45, 7) is 0.0822. The summed E-state index contributed by atoms with van der Waals surface area (Å²) < 4.78 is 1.47. The van der Waals surface area contributed by atoms with E-state index in [0.29, 0.717) is 11.4 Å². The predicted molar refractivity (Wildman–Crippen MR) is 115 cm³/mol. The fourth-order valence-electron chi connectivity index (χ4n) is 3.90. The minimum Gasteiger partial charge on any atom is -0.368 e. The number of carbonyl (C=O) groups excluding carboxylic acids is 3. The molecule has 1 aromatic heterocycles. The normalized spacial score (nSPS) is 18.6. The Hall–Kier alpha value is -3.69. The summed E-state index contributed by atoms with van der Waals surface area (Å²) >= 11 is 0. The van der Waals surface area contributed by atoms with Gasteiger partial charge in [0, 0.05) is 18.7 Å². The first kappa shape index (κ1) is 20.6. The highest BCUT2D eigenvalue weighted by atomic mass is 16.2. The lowest BCUT2D eigenvalue weighted by atomic mass is 10.1. The molecule has 162 valence electrons. The van der Waals surface area contributed by atoms with Gasteiger partial charge in [-0.15, -0.1) is 0 Å². The molecule has 31 heavy (non-hydrogen) atoms. The van der Waals surface area contributed by atoms with E-state index < -0.39 is 17.9 Å². The highest BCUT2D eigenvalue weighted by Crippen LogP contribution is 2.24. The SMILES string of the molecule is NC(=O)C1CC(C(=O)Nc2cnn(CC(=O)NC3CCCC3)c2)=NN1c1ccccc1. The molecule has 3 amide bonds. The van der Waals surface area contributed by atoms with E-state index in [1.54, 1.807) is 18.3 Å². The van der Waals surface area contributed by atoms with Crippen LogP contribution in [0.1, 0.15) is 32.1 Å². The topological polar surface area (TPSA) is 135 Å². The minimum absolute atomic E-state index is 0.0822. The number of hydrazone groups is 1. The number of benzene rings is 1. The third-order valence-electron chi connectivity index (χ3n) is 5.44. The van der Waals surface area contributed by atoms with E-state index in [1.165, 1.54) is 15.9 Å². The molecule has 1 saturated carbocycles. The molecule has 10 heteroatoms. The van der Waals surface area contributed by atoms with Crippen LogP contribution in [0.3, 0.4) is 0 Å². The van der Waals surface area contributed by atoms with Crippen molar-refractivity contribution in [2.45, 2.75) is 50.7 Å². The minimum atomic E-state index is -0.731. The second kappa shape index (κ2) is 8.99. The van der Waals surface area contributed by atoms with Crippen molar-refractivity contribution < 1.29 is 14.4 Å². The average molecular weight is 423 g/mol. The van der Waals surface area contributed by atoms with Crippen LogP contribution in [0.5, 0.6) is 0 Å². The summed E-state index contributed by atoms with van der Waals surface area (Å²) in [4.78, 5) is 36.7. The summed E-state index contributed by atoms with van der Waals surface area (Å²) in [7, 11) is 0. The standard InChI is InChI=1S/C21H25N7O3/c22-20(30)18-10-17(26-28(18)16-8-2-1-3-9-16)21(31)25-15-11-23-27(12-15)13-19(29)24-14-6-4-5-7-14/h1-3,8-9,11-12,14,18H,4-7,10,13H2,(H2,22,30)(H,24,29)(H,25,31). The highest BCUT2D eigenvalue weighted by Gasteiger charge is 2.35. The molecule has 2 aromatic rings. The Kier molecular flexibility index (Phi) is 5.96. The van der Waals surface area contributed by atoms with E-state index in [2.05, 4.69) is 20.8 Å². The van der Waals surface area contributed by atoms with Crippen LogP contribution in [0, 0.1) is 0 Å². The average Bonchev–Trinajstić information content (AvgIpc) is 3.49. The first-order chi connectivity index (χ1) is 15.0. The Balaban J connectivity index is 1.38. The molecule has 0 spiro atoms. The zero-order valence-corrected chi connectivity index (χ0v) is 17.0. The van der Waals surface area contributed by atoms with Gasteiger partial charge in [0.1, 0.15) is 18.3 Å². The molecule has 1 aromatic carbocycles. The number of nitrogens with two attached hydrogens (primary N) is 1. The fraction of sp³-hybridized carbons (Fsp3) is 0.381. The lowest BCUT2D eigenvalue weighted by Crippen LogP contribution is -2.39. The Morgan fingerprint density at radius 1 is 1.13 bits per heavy atom. The van der Waals surface area contributed by atoms with Gasteiger partial charge in [0.05, 0.1) is 17.6 Å². The van der Waals surface area contributed by atoms with Crippen LogP contribution in [-0.2, 0) is 20.9 Å². The van der Waals surface area contributed by atoms with Crippen LogP contribution in [0.2, 0.25) is 0 Å². The monoisotopic (exact) mass is 423 g/mol. The fourth-order valence-corrected chi connectivity index (χ4v) is 3.90. The van der Waals surface area contributed by atoms with Gasteiger partial charge in [0.25, 0.3) is 5.91 Å². The number of aromatic nitrogens is 2. The van der Waals surface area contributed by atoms with Crippen molar-refractivity contribution in [3.63, 3.8) is 0 Å². The van der Waals surface area contributed by atoms with E-state index in [-0.39, 0.29) is 30.6 Å². The number of anilines is 2. The Morgan fingerprint density at radius 2 is 1.87 bits per heavy atom. The molecule has 0 bridgehead atoms. The highest BCUT2D eigenvalue weighted by molar-refractivity contribution is 6.44. The summed E-state index contributed by atoms with van der Waals surface area (Å²) in [5.74, 6) is -1.10. The quantitative estimate of drug-likeness (QED) is 0.611. The second-order valence-corrected chi connectivity index (χ2v) is 7.78. The van der Waals surface area contributed by atoms with Crippen molar-refractivity contribution in [2.75, 3.05) is 10.3 Å². The molecular formula is C21H25N7O3. The van der Waals surface area contributed by atoms with Gasteiger partial charge in [0.2, 0.25) is 11.8 Å². The number of amides is 3. The van der Waals surface area contributed by atoms with Crippen LogP contribution in [0.25, 0.3) is 0 Å². The van der Waals surface area contributed by atoms with Crippen LogP contribution < -0.4 is 21.4 Å². The molecule has 1 fully saturated rings. The first-order valence-electron chi connectivity index (χ1n) is 10.3. The van der Waals surface area contributed by atoms with Gasteiger partial charge in [-0.1, -0.05) is 31.0 Å². The van der Waals surface area contributed by atoms with Crippen molar-refractivity contribution in [1.29, 1.82) is 0 Å². The van der Waals surface area contributed by atoms with Crippen molar-refractivity contribution in [2.24, 2.45) is 10.8 Å². The molecule has 1 aliphatic carbocycles. The first-order valence-corrected chi connectivity index (χ1v) is 10.3. The van der Waals surface area contributed by atoms with Crippen molar-refractivity contribution in [3.8, 4) is 0 Å². The van der Waals surface area contributed by atoms with Crippen molar-refractivity contribution >= 4 is 34.8 Å². The van der Waals surface area contributed by atoms with Crippen molar-refractivity contribution in [3.05, 3.63) is 42.7 Å². The molecule has 10 nitrogen and oxygen atoms in total. The van der Waals surface area contributed by atoms with Gasteiger partial charge in [0.15, 0.2) is 0 Å². The third-order valence-corrected chi connectivity index (χ3v) is 5.44. The van der Waals surface area contributed by atoms with Gasteiger partial charge in [-0.3, -0.25) is 24.1 Å². The number of hydrogen-bond acceptors (Lipinski definition) is 6. The summed E-state index contributed by atoms with van der Waals surface area (Å²) in [5, 5.41) is 15.6. The number of nitrogens with zero attached hydrogens (tertiary/aromatic N) is 4. The van der Waals surface area contributed by atoms with Gasteiger partial charge in [-0.2, -0.15) is 10.2 Å². The molecular weight excluding hydrogens is 398 g/mol. The molecule has 1 aliphatic heterocycles. The predicted octanol–water partition coefficient (Wildman–Crippen LogP) is 1.00. The Morgan fingerprint density at radius 3 is 2.58 bits per heavy atom. The molecule has 0 radical (unpaired) electrons. The van der Waals surface area contributed by atoms with E-state index in [0.717, 1.165) is 25.7 Å². The Bertz CT molecular complexity index is 995. The maximum Gasteiger partial charge on any atom is 0.272 e. The van der Waals surface area contributed by atoms with Crippen LogP contribution in [0.4, 0.5) is 11.4 Å². The smallest absolute Gasteiger partial charge is 0.272 e. The molecule has 2 heterocycles. The number of carbonyl (C=O) groups is 3. The maximum atomic E-state index is 12.7. The zero-order chi connectivity index (χ0) is 21.8. The van der Waals surface area contributed by atoms with E-state index >= 15 is 0 Å². The summed E-state index contributed by atoms with van der Waals surface area (Å²) in [5.41, 5.74) is 6.82. The van der Waals surface area contributed by atoms with Crippen LogP contribution in [-0.4, -0.2) is 45.3 Å².